The molecule has 3 nitrogen and oxygen atoms in total. The average Bonchev–Trinajstić information content (AvgIpc) is 2.46. The topological polar surface area (TPSA) is 37.4 Å². The van der Waals surface area contributed by atoms with Gasteiger partial charge in [0, 0.05) is 6.54 Å². The largest absolute Gasteiger partial charge is 0.416 e. The van der Waals surface area contributed by atoms with Crippen LogP contribution in [0.15, 0.2) is 29.2 Å². The molecule has 1 heterocycles. The van der Waals surface area contributed by atoms with Crippen molar-refractivity contribution in [3.63, 3.8) is 0 Å². The van der Waals surface area contributed by atoms with E-state index in [0.717, 1.165) is 50.2 Å². The first-order valence-electron chi connectivity index (χ1n) is 6.91. The number of likely N-dealkylation sites (tertiary alicyclic amines) is 1. The fraction of sp³-hybridized carbons (Fsp3) is 0.571. The van der Waals surface area contributed by atoms with Crippen molar-refractivity contribution in [1.29, 1.82) is 0 Å². The van der Waals surface area contributed by atoms with Gasteiger partial charge in [0.15, 0.2) is 9.84 Å². The molecule has 1 fully saturated rings. The molecule has 2 rings (SSSR count). The zero-order valence-electron chi connectivity index (χ0n) is 11.6. The van der Waals surface area contributed by atoms with Crippen LogP contribution in [0.25, 0.3) is 0 Å². The lowest BCUT2D eigenvalue weighted by Crippen LogP contribution is -2.33. The molecule has 0 bridgehead atoms. The third-order valence-electron chi connectivity index (χ3n) is 3.67. The van der Waals surface area contributed by atoms with Crippen LogP contribution in [-0.2, 0) is 16.0 Å². The Labute approximate surface area is 122 Å². The Hall–Kier alpha value is -1.08. The van der Waals surface area contributed by atoms with Crippen molar-refractivity contribution in [3.8, 4) is 0 Å². The summed E-state index contributed by atoms with van der Waals surface area (Å²) in [7, 11) is -3.53. The Morgan fingerprint density at radius 1 is 1.00 bits per heavy atom. The first kappa shape index (κ1) is 16.3. The molecule has 7 heteroatoms. The van der Waals surface area contributed by atoms with Crippen LogP contribution < -0.4 is 0 Å². The first-order chi connectivity index (χ1) is 9.79. The molecule has 0 N–H and O–H groups in total. The lowest BCUT2D eigenvalue weighted by Gasteiger charge is -2.26. The molecule has 1 aromatic carbocycles. The van der Waals surface area contributed by atoms with Crippen LogP contribution >= 0.6 is 0 Å². The number of piperidine rings is 1. The third-order valence-corrected chi connectivity index (χ3v) is 5.38. The van der Waals surface area contributed by atoms with Gasteiger partial charge in [-0.05, 0) is 50.2 Å². The van der Waals surface area contributed by atoms with Crippen molar-refractivity contribution in [2.75, 3.05) is 25.4 Å². The number of rotatable bonds is 4. The highest BCUT2D eigenvalue weighted by molar-refractivity contribution is 7.91. The summed E-state index contributed by atoms with van der Waals surface area (Å²) in [6.07, 6.45) is -1.14. The molecule has 0 saturated carbocycles. The zero-order valence-corrected chi connectivity index (χ0v) is 12.4. The zero-order chi connectivity index (χ0) is 15.5. The van der Waals surface area contributed by atoms with Crippen LogP contribution in [-0.4, -0.2) is 38.7 Å². The Bertz CT molecular complexity index is 561. The van der Waals surface area contributed by atoms with Crippen molar-refractivity contribution in [2.45, 2.75) is 30.3 Å². The van der Waals surface area contributed by atoms with E-state index in [4.69, 9.17) is 0 Å². The lowest BCUT2D eigenvalue weighted by atomic mass is 10.1. The second-order valence-corrected chi connectivity index (χ2v) is 7.35. The van der Waals surface area contributed by atoms with Gasteiger partial charge in [-0.15, -0.1) is 0 Å². The maximum absolute atomic E-state index is 12.5. The maximum atomic E-state index is 12.5. The van der Waals surface area contributed by atoms with Gasteiger partial charge in [-0.25, -0.2) is 8.42 Å². The van der Waals surface area contributed by atoms with Crippen molar-refractivity contribution in [2.24, 2.45) is 0 Å². The molecule has 1 aromatic rings. The van der Waals surface area contributed by atoms with Gasteiger partial charge in [0.2, 0.25) is 0 Å². The Balaban J connectivity index is 2.01. The number of hydrogen-bond acceptors (Lipinski definition) is 3. The molecule has 0 atom stereocenters. The summed E-state index contributed by atoms with van der Waals surface area (Å²) in [5.41, 5.74) is -0.836. The van der Waals surface area contributed by atoms with Crippen LogP contribution in [0.3, 0.4) is 0 Å². The molecular formula is C14H18F3NO2S. The summed E-state index contributed by atoms with van der Waals surface area (Å²) in [6.45, 7) is 2.22. The quantitative estimate of drug-likeness (QED) is 0.855. The van der Waals surface area contributed by atoms with Gasteiger partial charge in [-0.2, -0.15) is 13.2 Å². The molecule has 1 aliphatic heterocycles. The molecular weight excluding hydrogens is 303 g/mol. The molecule has 0 aliphatic carbocycles. The van der Waals surface area contributed by atoms with E-state index < -0.39 is 21.6 Å². The van der Waals surface area contributed by atoms with Gasteiger partial charge < -0.3 is 4.90 Å². The predicted molar refractivity (Wildman–Crippen MR) is 73.8 cm³/mol. The second-order valence-electron chi connectivity index (χ2n) is 5.24. The van der Waals surface area contributed by atoms with E-state index in [-0.39, 0.29) is 10.6 Å². The summed E-state index contributed by atoms with van der Waals surface area (Å²) in [4.78, 5) is 2.04. The molecule has 0 unspecified atom stereocenters. The van der Waals surface area contributed by atoms with Gasteiger partial charge in [-0.3, -0.25) is 0 Å². The smallest absolute Gasteiger partial charge is 0.302 e. The summed E-state index contributed by atoms with van der Waals surface area (Å²) in [5, 5.41) is 0. The minimum absolute atomic E-state index is 0.0486. The number of hydrogen-bond donors (Lipinski definition) is 0. The summed E-state index contributed by atoms with van der Waals surface area (Å²) in [5.74, 6) is -0.0572. The van der Waals surface area contributed by atoms with E-state index in [2.05, 4.69) is 4.90 Å². The van der Waals surface area contributed by atoms with Crippen molar-refractivity contribution in [3.05, 3.63) is 29.8 Å². The summed E-state index contributed by atoms with van der Waals surface area (Å²) >= 11 is 0. The van der Waals surface area contributed by atoms with E-state index in [9.17, 15) is 21.6 Å². The lowest BCUT2D eigenvalue weighted by molar-refractivity contribution is -0.137. The molecule has 21 heavy (non-hydrogen) atoms. The normalized spacial score (nSPS) is 17.9. The van der Waals surface area contributed by atoms with E-state index in [1.807, 2.05) is 0 Å². The van der Waals surface area contributed by atoms with Crippen LogP contribution in [0.5, 0.6) is 0 Å². The van der Waals surface area contributed by atoms with Crippen LogP contribution in [0, 0.1) is 0 Å². The number of halogens is 3. The Morgan fingerprint density at radius 3 is 2.10 bits per heavy atom. The van der Waals surface area contributed by atoms with Gasteiger partial charge in [0.25, 0.3) is 0 Å². The van der Waals surface area contributed by atoms with Crippen LogP contribution in [0.1, 0.15) is 24.8 Å². The standard InChI is InChI=1S/C14H18F3NO2S/c15-14(16,17)12-4-6-13(7-5-12)21(19,20)11-10-18-8-2-1-3-9-18/h4-7H,1-3,8-11H2. The fourth-order valence-electron chi connectivity index (χ4n) is 2.40. The van der Waals surface area contributed by atoms with Crippen molar-refractivity contribution in [1.82, 2.24) is 4.90 Å². The predicted octanol–water partition coefficient (Wildman–Crippen LogP) is 2.97. The van der Waals surface area contributed by atoms with E-state index in [0.29, 0.717) is 6.54 Å². The van der Waals surface area contributed by atoms with E-state index >= 15 is 0 Å². The van der Waals surface area contributed by atoms with Crippen LogP contribution in [0.4, 0.5) is 13.2 Å². The minimum Gasteiger partial charge on any atom is -0.302 e. The van der Waals surface area contributed by atoms with Crippen molar-refractivity contribution < 1.29 is 21.6 Å². The molecule has 0 spiro atoms. The highest BCUT2D eigenvalue weighted by atomic mass is 32.2. The number of benzene rings is 1. The van der Waals surface area contributed by atoms with Crippen LogP contribution in [0.2, 0.25) is 0 Å². The molecule has 0 radical (unpaired) electrons. The highest BCUT2D eigenvalue weighted by Gasteiger charge is 2.30. The van der Waals surface area contributed by atoms with E-state index in [1.54, 1.807) is 0 Å². The van der Waals surface area contributed by atoms with E-state index in [1.165, 1.54) is 6.42 Å². The van der Waals surface area contributed by atoms with Gasteiger partial charge in [0.05, 0.1) is 16.2 Å². The number of nitrogens with zero attached hydrogens (tertiary/aromatic N) is 1. The number of alkyl halides is 3. The fourth-order valence-corrected chi connectivity index (χ4v) is 3.69. The van der Waals surface area contributed by atoms with Crippen molar-refractivity contribution >= 4 is 9.84 Å². The first-order valence-corrected chi connectivity index (χ1v) is 8.57. The molecule has 118 valence electrons. The Kier molecular flexibility index (Phi) is 4.93. The SMILES string of the molecule is O=S(=O)(CCN1CCCCC1)c1ccc(C(F)(F)F)cc1. The third kappa shape index (κ3) is 4.44. The second kappa shape index (κ2) is 6.36. The monoisotopic (exact) mass is 321 g/mol. The molecule has 1 saturated heterocycles. The molecule has 1 aliphatic rings. The Morgan fingerprint density at radius 2 is 1.57 bits per heavy atom. The van der Waals surface area contributed by atoms with Gasteiger partial charge in [0.1, 0.15) is 0 Å². The minimum atomic E-state index is -4.45. The molecule has 0 amide bonds. The average molecular weight is 321 g/mol. The molecule has 0 aromatic heterocycles. The highest BCUT2D eigenvalue weighted by Crippen LogP contribution is 2.29. The van der Waals surface area contributed by atoms with Gasteiger partial charge in [-0.1, -0.05) is 6.42 Å². The van der Waals surface area contributed by atoms with Gasteiger partial charge >= 0.3 is 6.18 Å². The number of sulfone groups is 1. The summed E-state index contributed by atoms with van der Waals surface area (Å²) < 4.78 is 61.6. The summed E-state index contributed by atoms with van der Waals surface area (Å²) in [6, 6.07) is 3.70. The maximum Gasteiger partial charge on any atom is 0.416 e.